The van der Waals surface area contributed by atoms with Crippen molar-refractivity contribution >= 4 is 26.5 Å². The fourth-order valence-corrected chi connectivity index (χ4v) is 6.70. The predicted octanol–water partition coefficient (Wildman–Crippen LogP) is 4.24. The maximum Gasteiger partial charge on any atom is 0 e. The van der Waals surface area contributed by atoms with Gasteiger partial charge in [-0.2, -0.15) is 0 Å². The zero-order chi connectivity index (χ0) is 31.7. The van der Waals surface area contributed by atoms with Gasteiger partial charge in [-0.3, -0.25) is 0 Å². The average Bonchev–Trinajstić information content (AvgIpc) is 2.97. The third-order valence-electron chi connectivity index (χ3n) is 4.61. The van der Waals surface area contributed by atoms with Gasteiger partial charge in [-0.1, -0.05) is 51.4 Å². The van der Waals surface area contributed by atoms with Crippen molar-refractivity contribution in [2.45, 2.75) is 39.3 Å². The molecule has 0 N–H and O–H groups in total. The Labute approximate surface area is 261 Å². The van der Waals surface area contributed by atoms with Gasteiger partial charge < -0.3 is 14.2 Å². The van der Waals surface area contributed by atoms with Crippen molar-refractivity contribution in [3.05, 3.63) is 70.2 Å². The molecule has 0 fully saturated rings. The number of hydrogen-bond acceptors (Lipinski definition) is 3. The molecule has 0 saturated heterocycles. The monoisotopic (exact) mass is 660 g/mol. The topological polar surface area (TPSA) is 147 Å². The van der Waals surface area contributed by atoms with Crippen molar-refractivity contribution in [2.75, 3.05) is 21.3 Å². The Morgan fingerprint density at radius 2 is 0.925 bits per heavy atom. The first-order chi connectivity index (χ1) is 18.0. The van der Waals surface area contributed by atoms with E-state index < -0.39 is 16.1 Å². The molecule has 9 nitrogen and oxygen atoms in total. The predicted molar refractivity (Wildman–Crippen MR) is 141 cm³/mol. The molecule has 214 valence electrons. The van der Waals surface area contributed by atoms with Crippen LogP contribution in [0.2, 0.25) is 39.3 Å². The van der Waals surface area contributed by atoms with Gasteiger partial charge in [-0.05, 0) is 28.9 Å². The van der Waals surface area contributed by atoms with Crippen LogP contribution in [0.25, 0.3) is 11.1 Å². The molecule has 0 unspecified atom stereocenters. The summed E-state index contributed by atoms with van der Waals surface area (Å²) in [7, 11) is 2.09. The molecule has 0 radical (unpaired) electrons. The summed E-state index contributed by atoms with van der Waals surface area (Å²) in [6.45, 7) is 40.9. The molecular weight excluding hydrogens is 628 g/mol. The summed E-state index contributed by atoms with van der Waals surface area (Å²) < 4.78 is 62.3. The largest absolute Gasteiger partial charge is 0 e. The Kier molecular flexibility index (Phi) is 42.2. The second-order valence-electron chi connectivity index (χ2n) is 8.64. The van der Waals surface area contributed by atoms with E-state index in [0.29, 0.717) is 0 Å². The van der Waals surface area contributed by atoms with Crippen LogP contribution in [0.15, 0.2) is 30.3 Å². The molecule has 0 heterocycles. The number of ether oxygens (including phenoxy) is 3. The van der Waals surface area contributed by atoms with Crippen molar-refractivity contribution < 1.29 is 76.8 Å². The maximum atomic E-state index is 7.50. The van der Waals surface area contributed by atoms with E-state index in [1.807, 2.05) is 0 Å². The van der Waals surface area contributed by atoms with Crippen LogP contribution in [0.5, 0.6) is 17.2 Å². The van der Waals surface area contributed by atoms with Crippen molar-refractivity contribution in [1.82, 2.24) is 0 Å². The van der Waals surface area contributed by atoms with Crippen LogP contribution in [0.4, 0.5) is 0 Å². The molecule has 0 spiro atoms. The van der Waals surface area contributed by atoms with Gasteiger partial charge in [0.15, 0.2) is 0 Å². The van der Waals surface area contributed by atoms with Crippen LogP contribution in [0.1, 0.15) is 0 Å². The van der Waals surface area contributed by atoms with Crippen LogP contribution < -0.4 is 24.6 Å². The van der Waals surface area contributed by atoms with Crippen LogP contribution in [0.3, 0.4) is 0 Å². The first-order valence-electron chi connectivity index (χ1n) is 10.2. The third-order valence-corrected chi connectivity index (χ3v) is 8.62. The molecule has 0 atom stereocenters. The van der Waals surface area contributed by atoms with Gasteiger partial charge in [0, 0.05) is 45.5 Å². The molecule has 0 aliphatic rings. The Balaban J connectivity index is -0.000000138. The minimum atomic E-state index is -1.67. The van der Waals surface area contributed by atoms with Gasteiger partial charge in [-0.15, -0.1) is 0 Å². The minimum Gasteiger partial charge on any atom is 0 e. The van der Waals surface area contributed by atoms with E-state index >= 15 is 0 Å². The van der Waals surface area contributed by atoms with Crippen LogP contribution in [0, 0.1) is 39.9 Å². The van der Waals surface area contributed by atoms with Gasteiger partial charge in [0.2, 0.25) is 0 Å². The van der Waals surface area contributed by atoms with Crippen molar-refractivity contribution in [3.8, 4) is 28.4 Å². The standard InChI is InChI=1S/C21H32O3Si2.6CO.2Cr/c1-22-17-12-11-16(20(24-3)21(17)26(7,8)9)15-10-13-19(25(4,5)6)18(14-15)23-2;6*1-2;;/h10-14H,1-9H3;;;;;;;;. The van der Waals surface area contributed by atoms with Crippen molar-refractivity contribution in [2.24, 2.45) is 0 Å². The third kappa shape index (κ3) is 17.5. The van der Waals surface area contributed by atoms with E-state index in [1.165, 1.54) is 10.4 Å². The van der Waals surface area contributed by atoms with Gasteiger partial charge in [0.25, 0.3) is 0 Å². The van der Waals surface area contributed by atoms with Gasteiger partial charge in [0.1, 0.15) is 17.2 Å². The Morgan fingerprint density at radius 1 is 0.525 bits per heavy atom. The quantitative estimate of drug-likeness (QED) is 0.259. The van der Waals surface area contributed by atoms with E-state index in [2.05, 4.69) is 110 Å². The summed E-state index contributed by atoms with van der Waals surface area (Å²) in [4.78, 5) is 0. The summed E-state index contributed by atoms with van der Waals surface area (Å²) >= 11 is 0. The van der Waals surface area contributed by atoms with E-state index in [0.717, 1.165) is 28.4 Å². The van der Waals surface area contributed by atoms with E-state index in [9.17, 15) is 0 Å². The zero-order valence-corrected chi connectivity index (χ0v) is 28.4. The Morgan fingerprint density at radius 3 is 1.23 bits per heavy atom. The molecule has 0 aromatic heterocycles. The number of benzene rings is 2. The summed E-state index contributed by atoms with van der Waals surface area (Å²) in [5, 5.41) is 2.55. The number of methoxy groups -OCH3 is 3. The molecule has 13 heteroatoms. The molecule has 0 aliphatic heterocycles. The molecule has 2 rings (SSSR count). The minimum absolute atomic E-state index is 0. The molecule has 40 heavy (non-hydrogen) atoms. The first kappa shape index (κ1) is 53.9. The molecule has 0 bridgehead atoms. The Bertz CT molecular complexity index is 1020. The molecule has 0 saturated carbocycles. The van der Waals surface area contributed by atoms with Crippen LogP contribution in [-0.4, -0.2) is 37.5 Å². The average molecular weight is 661 g/mol. The van der Waals surface area contributed by atoms with Crippen molar-refractivity contribution in [1.29, 1.82) is 0 Å². The summed E-state index contributed by atoms with van der Waals surface area (Å²) in [6.07, 6.45) is 0. The molecular formula is C27H32Cr2O9Si2. The Hall–Kier alpha value is -2.22. The fraction of sp³-hybridized carbons (Fsp3) is 0.333. The van der Waals surface area contributed by atoms with E-state index in [4.69, 9.17) is 42.1 Å². The maximum absolute atomic E-state index is 7.50. The van der Waals surface area contributed by atoms with Gasteiger partial charge in [-0.25, -0.2) is 0 Å². The van der Waals surface area contributed by atoms with Gasteiger partial charge >= 0.3 is 67.8 Å². The molecule has 2 aromatic rings. The van der Waals surface area contributed by atoms with Crippen LogP contribution in [-0.2, 0) is 62.6 Å². The normalized spacial score (nSPS) is 8.12. The second kappa shape index (κ2) is 31.3. The number of hydrogen-bond donors (Lipinski definition) is 0. The first-order valence-corrected chi connectivity index (χ1v) is 17.2. The summed E-state index contributed by atoms with van der Waals surface area (Å²) in [5.74, 6) is 2.80. The molecule has 0 aliphatic carbocycles. The molecule has 0 amide bonds. The fourth-order valence-electron chi connectivity index (χ4n) is 3.36. The van der Waals surface area contributed by atoms with Gasteiger partial charge in [0.05, 0.1) is 37.5 Å². The van der Waals surface area contributed by atoms with E-state index in [1.54, 1.807) is 21.3 Å². The number of rotatable bonds is 6. The van der Waals surface area contributed by atoms with Crippen LogP contribution >= 0.6 is 0 Å². The molecule has 2 aromatic carbocycles. The zero-order valence-electron chi connectivity index (χ0n) is 23.9. The second-order valence-corrected chi connectivity index (χ2v) is 18.7. The SMILES string of the molecule is COc1cc(-c2ccc(OC)c([Si](C)(C)C)c2OC)ccc1[Si](C)(C)C.[C-]#[O+].[C-]#[O+].[C-]#[O+].[C-]#[O+].[C-]#[O+].[C-]#[O+].[Cr].[Cr]. The van der Waals surface area contributed by atoms with Crippen molar-refractivity contribution in [3.63, 3.8) is 0 Å². The summed E-state index contributed by atoms with van der Waals surface area (Å²) in [6, 6.07) is 10.7. The van der Waals surface area contributed by atoms with E-state index in [-0.39, 0.29) is 34.7 Å². The summed E-state index contributed by atoms with van der Waals surface area (Å²) in [5.41, 5.74) is 2.20. The smallest absolute Gasteiger partial charge is 0 e.